The highest BCUT2D eigenvalue weighted by Crippen LogP contribution is 2.24. The lowest BCUT2D eigenvalue weighted by molar-refractivity contribution is 0.0511. The van der Waals surface area contributed by atoms with Crippen LogP contribution in [0, 0.1) is 0 Å². The zero-order chi connectivity index (χ0) is 11.3. The zero-order valence-corrected chi connectivity index (χ0v) is 10.3. The minimum Gasteiger partial charge on any atom is -0.468 e. The third-order valence-corrected chi connectivity index (χ3v) is 2.56. The fourth-order valence-electron chi connectivity index (χ4n) is 1.13. The fraction of sp³-hybridized carbons (Fsp3) is 0.364. The summed E-state index contributed by atoms with van der Waals surface area (Å²) in [6.07, 6.45) is 0.497. The van der Waals surface area contributed by atoms with Crippen molar-refractivity contribution >= 4 is 21.7 Å². The normalized spacial score (nSPS) is 10.1. The Morgan fingerprint density at radius 1 is 1.47 bits per heavy atom. The average molecular weight is 273 g/mol. The largest absolute Gasteiger partial charge is 0.468 e. The molecule has 0 amide bonds. The summed E-state index contributed by atoms with van der Waals surface area (Å²) in [5.74, 6) is 0.788. The maximum atomic E-state index is 11.5. The van der Waals surface area contributed by atoms with Crippen LogP contribution in [0.2, 0.25) is 0 Å². The summed E-state index contributed by atoms with van der Waals surface area (Å²) in [7, 11) is 1.56. The summed E-state index contributed by atoms with van der Waals surface area (Å²) in [6, 6.07) is 5.27. The minimum atomic E-state index is 0.111. The molecule has 0 N–H and O–H groups in total. The molecular weight excluding hydrogens is 260 g/mol. The standard InChI is InChI=1S/C11H13BrO3/c1-3-11(13)9-5-4-8(6-10(9)12)15-7-14-2/h4-6H,3,7H2,1-2H3. The minimum absolute atomic E-state index is 0.111. The number of rotatable bonds is 5. The Labute approximate surface area is 97.5 Å². The molecule has 0 unspecified atom stereocenters. The van der Waals surface area contributed by atoms with Gasteiger partial charge in [0, 0.05) is 23.6 Å². The summed E-state index contributed by atoms with van der Waals surface area (Å²) < 4.78 is 10.8. The molecule has 0 heterocycles. The first kappa shape index (κ1) is 12.2. The monoisotopic (exact) mass is 272 g/mol. The summed E-state index contributed by atoms with van der Waals surface area (Å²) in [6.45, 7) is 2.04. The predicted octanol–water partition coefficient (Wildman–Crippen LogP) is 3.02. The van der Waals surface area contributed by atoms with Gasteiger partial charge >= 0.3 is 0 Å². The van der Waals surface area contributed by atoms with E-state index in [1.807, 2.05) is 6.92 Å². The van der Waals surface area contributed by atoms with E-state index in [0.29, 0.717) is 17.7 Å². The molecule has 1 rings (SSSR count). The number of carbonyl (C=O) groups excluding carboxylic acids is 1. The number of benzene rings is 1. The Morgan fingerprint density at radius 3 is 2.73 bits per heavy atom. The molecule has 0 aromatic heterocycles. The molecule has 3 nitrogen and oxygen atoms in total. The fourth-order valence-corrected chi connectivity index (χ4v) is 1.71. The molecule has 82 valence electrons. The summed E-state index contributed by atoms with van der Waals surface area (Å²) in [5, 5.41) is 0. The number of hydrogen-bond donors (Lipinski definition) is 0. The molecule has 4 heteroatoms. The van der Waals surface area contributed by atoms with E-state index in [1.54, 1.807) is 25.3 Å². The molecule has 0 spiro atoms. The van der Waals surface area contributed by atoms with E-state index in [9.17, 15) is 4.79 Å². The molecule has 0 saturated carbocycles. The molecule has 15 heavy (non-hydrogen) atoms. The first-order valence-electron chi connectivity index (χ1n) is 4.63. The van der Waals surface area contributed by atoms with Crippen molar-refractivity contribution < 1.29 is 14.3 Å². The second-order valence-electron chi connectivity index (χ2n) is 2.97. The van der Waals surface area contributed by atoms with Gasteiger partial charge in [0.05, 0.1) is 0 Å². The molecule has 0 radical (unpaired) electrons. The van der Waals surface area contributed by atoms with Crippen LogP contribution in [0.5, 0.6) is 5.75 Å². The molecule has 0 aliphatic heterocycles. The van der Waals surface area contributed by atoms with Crippen molar-refractivity contribution in [3.8, 4) is 5.75 Å². The summed E-state index contributed by atoms with van der Waals surface area (Å²) in [5.41, 5.74) is 0.683. The first-order chi connectivity index (χ1) is 7.19. The highest BCUT2D eigenvalue weighted by Gasteiger charge is 2.08. The Bertz CT molecular complexity index is 350. The van der Waals surface area contributed by atoms with Gasteiger partial charge in [0.25, 0.3) is 0 Å². The highest BCUT2D eigenvalue weighted by molar-refractivity contribution is 9.10. The maximum absolute atomic E-state index is 11.5. The summed E-state index contributed by atoms with van der Waals surface area (Å²) >= 11 is 3.34. The van der Waals surface area contributed by atoms with Gasteiger partial charge in [0.2, 0.25) is 0 Å². The number of Topliss-reactive ketones (excluding diaryl/α,β-unsaturated/α-hetero) is 1. The van der Waals surface area contributed by atoms with Crippen LogP contribution in [0.3, 0.4) is 0 Å². The lowest BCUT2D eigenvalue weighted by Crippen LogP contribution is -2.01. The highest BCUT2D eigenvalue weighted by atomic mass is 79.9. The van der Waals surface area contributed by atoms with E-state index in [4.69, 9.17) is 9.47 Å². The molecule has 1 aromatic rings. The van der Waals surface area contributed by atoms with Crippen molar-refractivity contribution in [1.29, 1.82) is 0 Å². The van der Waals surface area contributed by atoms with Crippen molar-refractivity contribution in [3.63, 3.8) is 0 Å². The second kappa shape index (κ2) is 5.88. The van der Waals surface area contributed by atoms with Crippen LogP contribution in [-0.4, -0.2) is 19.7 Å². The quantitative estimate of drug-likeness (QED) is 0.611. The Balaban J connectivity index is 2.83. The van der Waals surface area contributed by atoms with Gasteiger partial charge in [0.15, 0.2) is 12.6 Å². The van der Waals surface area contributed by atoms with Crippen molar-refractivity contribution in [2.75, 3.05) is 13.9 Å². The van der Waals surface area contributed by atoms with Gasteiger partial charge in [-0.2, -0.15) is 0 Å². The zero-order valence-electron chi connectivity index (χ0n) is 8.75. The molecule has 0 aliphatic carbocycles. The van der Waals surface area contributed by atoms with E-state index in [1.165, 1.54) is 0 Å². The molecule has 0 fully saturated rings. The van der Waals surface area contributed by atoms with Crippen molar-refractivity contribution in [3.05, 3.63) is 28.2 Å². The van der Waals surface area contributed by atoms with Crippen molar-refractivity contribution in [2.45, 2.75) is 13.3 Å². The number of hydrogen-bond acceptors (Lipinski definition) is 3. The molecule has 0 atom stereocenters. The maximum Gasteiger partial charge on any atom is 0.188 e. The topological polar surface area (TPSA) is 35.5 Å². The molecular formula is C11H13BrO3. The number of methoxy groups -OCH3 is 1. The Morgan fingerprint density at radius 2 is 2.20 bits per heavy atom. The molecule has 0 saturated heterocycles. The Hall–Kier alpha value is -0.870. The van der Waals surface area contributed by atoms with Gasteiger partial charge in [-0.15, -0.1) is 0 Å². The van der Waals surface area contributed by atoms with Crippen LogP contribution in [-0.2, 0) is 4.74 Å². The molecule has 1 aromatic carbocycles. The number of carbonyl (C=O) groups is 1. The van der Waals surface area contributed by atoms with E-state index >= 15 is 0 Å². The van der Waals surface area contributed by atoms with Crippen LogP contribution in [0.15, 0.2) is 22.7 Å². The third-order valence-electron chi connectivity index (χ3n) is 1.91. The lowest BCUT2D eigenvalue weighted by atomic mass is 10.1. The smallest absolute Gasteiger partial charge is 0.188 e. The van der Waals surface area contributed by atoms with Crippen LogP contribution in [0.4, 0.5) is 0 Å². The van der Waals surface area contributed by atoms with Crippen LogP contribution >= 0.6 is 15.9 Å². The predicted molar refractivity (Wildman–Crippen MR) is 61.3 cm³/mol. The average Bonchev–Trinajstić information content (AvgIpc) is 2.25. The van der Waals surface area contributed by atoms with Gasteiger partial charge < -0.3 is 9.47 Å². The van der Waals surface area contributed by atoms with Crippen molar-refractivity contribution in [1.82, 2.24) is 0 Å². The van der Waals surface area contributed by atoms with Gasteiger partial charge in [-0.25, -0.2) is 0 Å². The van der Waals surface area contributed by atoms with Crippen LogP contribution in [0.25, 0.3) is 0 Å². The number of ether oxygens (including phenoxy) is 2. The number of ketones is 1. The Kier molecular flexibility index (Phi) is 4.78. The number of halogens is 1. The molecule has 0 bridgehead atoms. The van der Waals surface area contributed by atoms with Gasteiger partial charge in [-0.3, -0.25) is 4.79 Å². The van der Waals surface area contributed by atoms with Gasteiger partial charge in [-0.1, -0.05) is 6.92 Å². The lowest BCUT2D eigenvalue weighted by Gasteiger charge is -2.07. The van der Waals surface area contributed by atoms with Crippen LogP contribution in [0.1, 0.15) is 23.7 Å². The SMILES string of the molecule is CCC(=O)c1ccc(OCOC)cc1Br. The van der Waals surface area contributed by atoms with Crippen molar-refractivity contribution in [2.24, 2.45) is 0 Å². The first-order valence-corrected chi connectivity index (χ1v) is 5.42. The summed E-state index contributed by atoms with van der Waals surface area (Å²) in [4.78, 5) is 11.5. The van der Waals surface area contributed by atoms with Crippen LogP contribution < -0.4 is 4.74 Å². The molecule has 0 aliphatic rings. The third kappa shape index (κ3) is 3.32. The van der Waals surface area contributed by atoms with Gasteiger partial charge in [0.1, 0.15) is 5.75 Å². The van der Waals surface area contributed by atoms with E-state index < -0.39 is 0 Å². The second-order valence-corrected chi connectivity index (χ2v) is 3.82. The van der Waals surface area contributed by atoms with E-state index in [0.717, 1.165) is 4.47 Å². The van der Waals surface area contributed by atoms with E-state index in [2.05, 4.69) is 15.9 Å². The van der Waals surface area contributed by atoms with Gasteiger partial charge in [-0.05, 0) is 34.1 Å². The van der Waals surface area contributed by atoms with E-state index in [-0.39, 0.29) is 12.6 Å².